The fourth-order valence-electron chi connectivity index (χ4n) is 3.86. The summed E-state index contributed by atoms with van der Waals surface area (Å²) in [4.78, 5) is 19.3. The van der Waals surface area contributed by atoms with E-state index in [0.29, 0.717) is 26.2 Å². The van der Waals surface area contributed by atoms with Crippen LogP contribution in [0.3, 0.4) is 0 Å². The summed E-state index contributed by atoms with van der Waals surface area (Å²) in [6, 6.07) is 18.8. The molecule has 0 saturated heterocycles. The van der Waals surface area contributed by atoms with Crippen molar-refractivity contribution in [3.63, 3.8) is 0 Å². The summed E-state index contributed by atoms with van der Waals surface area (Å²) >= 11 is 0. The van der Waals surface area contributed by atoms with E-state index in [1.165, 1.54) is 5.56 Å². The Bertz CT molecular complexity index is 921. The fourth-order valence-corrected chi connectivity index (χ4v) is 3.86. The van der Waals surface area contributed by atoms with E-state index in [-0.39, 0.29) is 12.1 Å². The molecule has 0 saturated carbocycles. The fraction of sp³-hybridized carbons (Fsp3) is 0.333. The average molecular weight is 363 g/mol. The second-order valence-corrected chi connectivity index (χ2v) is 6.95. The summed E-state index contributed by atoms with van der Waals surface area (Å²) in [5.41, 5.74) is 8.95. The summed E-state index contributed by atoms with van der Waals surface area (Å²) in [6.45, 7) is 2.25. The molecule has 4 rings (SSSR count). The molecule has 1 aromatic heterocycles. The number of aromatic nitrogens is 2. The van der Waals surface area contributed by atoms with Crippen molar-refractivity contribution in [3.05, 3.63) is 66.0 Å². The third-order valence-electron chi connectivity index (χ3n) is 5.09. The number of para-hydroxylation sites is 2. The molecule has 2 heterocycles. The van der Waals surface area contributed by atoms with Crippen LogP contribution in [0.1, 0.15) is 17.4 Å². The first-order valence-electron chi connectivity index (χ1n) is 9.49. The molecule has 0 radical (unpaired) electrons. The van der Waals surface area contributed by atoms with Gasteiger partial charge in [-0.05, 0) is 24.1 Å². The molecular weight excluding hydrogens is 338 g/mol. The lowest BCUT2D eigenvalue weighted by molar-refractivity contribution is 0.193. The molecule has 0 bridgehead atoms. The lowest BCUT2D eigenvalue weighted by Gasteiger charge is -2.26. The molecule has 2 aromatic carbocycles. The van der Waals surface area contributed by atoms with Gasteiger partial charge in [0.1, 0.15) is 5.82 Å². The highest BCUT2D eigenvalue weighted by Crippen LogP contribution is 2.27. The second-order valence-electron chi connectivity index (χ2n) is 6.95. The lowest BCUT2D eigenvalue weighted by atomic mass is 10.1. The number of benzene rings is 2. The number of nitrogens with one attached hydrogen (secondary N) is 1. The van der Waals surface area contributed by atoms with Crippen LogP contribution < -0.4 is 11.1 Å². The number of carbonyl (C=O) groups excluding carboxylic acids is 1. The Morgan fingerprint density at radius 3 is 2.74 bits per heavy atom. The standard InChI is InChI=1S/C21H25N5O/c22-11-12-23-21(27)25-13-10-20-24-18-8-4-5-9-19(18)26(20)17(15-25)14-16-6-2-1-3-7-16/h1-9,17H,10-15,22H2,(H,23,27). The molecule has 140 valence electrons. The quantitative estimate of drug-likeness (QED) is 0.747. The molecular formula is C21H25N5O. The van der Waals surface area contributed by atoms with Gasteiger partial charge in [-0.25, -0.2) is 9.78 Å². The zero-order valence-corrected chi connectivity index (χ0v) is 15.3. The van der Waals surface area contributed by atoms with Crippen LogP contribution >= 0.6 is 0 Å². The van der Waals surface area contributed by atoms with Gasteiger partial charge in [-0.2, -0.15) is 0 Å². The molecule has 0 fully saturated rings. The van der Waals surface area contributed by atoms with Crippen LogP contribution in [0.2, 0.25) is 0 Å². The minimum atomic E-state index is -0.0476. The summed E-state index contributed by atoms with van der Waals surface area (Å²) < 4.78 is 2.33. The van der Waals surface area contributed by atoms with Crippen molar-refractivity contribution in [2.24, 2.45) is 5.73 Å². The largest absolute Gasteiger partial charge is 0.337 e. The van der Waals surface area contributed by atoms with Crippen molar-refractivity contribution in [2.75, 3.05) is 26.2 Å². The maximum absolute atomic E-state index is 12.6. The highest BCUT2D eigenvalue weighted by Gasteiger charge is 2.28. The van der Waals surface area contributed by atoms with E-state index in [9.17, 15) is 4.79 Å². The summed E-state index contributed by atoms with van der Waals surface area (Å²) in [6.07, 6.45) is 1.60. The van der Waals surface area contributed by atoms with Crippen molar-refractivity contribution in [3.8, 4) is 0 Å². The third kappa shape index (κ3) is 3.66. The van der Waals surface area contributed by atoms with Crippen molar-refractivity contribution in [1.82, 2.24) is 19.8 Å². The van der Waals surface area contributed by atoms with Crippen LogP contribution in [0.25, 0.3) is 11.0 Å². The molecule has 0 spiro atoms. The molecule has 3 N–H and O–H groups in total. The first kappa shape index (κ1) is 17.5. The Hall–Kier alpha value is -2.86. The van der Waals surface area contributed by atoms with Crippen molar-refractivity contribution < 1.29 is 4.79 Å². The monoisotopic (exact) mass is 363 g/mol. The zero-order valence-electron chi connectivity index (χ0n) is 15.3. The summed E-state index contributed by atoms with van der Waals surface area (Å²) in [5.74, 6) is 1.05. The molecule has 0 aliphatic carbocycles. The number of rotatable bonds is 4. The van der Waals surface area contributed by atoms with Gasteiger partial charge in [-0.15, -0.1) is 0 Å². The number of amides is 2. The molecule has 6 nitrogen and oxygen atoms in total. The van der Waals surface area contributed by atoms with Gasteiger partial charge in [0, 0.05) is 32.6 Å². The molecule has 1 unspecified atom stereocenters. The number of carbonyl (C=O) groups is 1. The molecule has 6 heteroatoms. The highest BCUT2D eigenvalue weighted by atomic mass is 16.2. The maximum atomic E-state index is 12.6. The summed E-state index contributed by atoms with van der Waals surface area (Å²) in [5, 5.41) is 2.90. The third-order valence-corrected chi connectivity index (χ3v) is 5.09. The van der Waals surface area contributed by atoms with Crippen LogP contribution in [-0.4, -0.2) is 46.7 Å². The van der Waals surface area contributed by atoms with Crippen molar-refractivity contribution >= 4 is 17.1 Å². The van der Waals surface area contributed by atoms with Crippen molar-refractivity contribution in [2.45, 2.75) is 18.9 Å². The average Bonchev–Trinajstić information content (AvgIpc) is 2.98. The van der Waals surface area contributed by atoms with Gasteiger partial charge in [0.05, 0.1) is 17.1 Å². The SMILES string of the molecule is NCCNC(=O)N1CCc2nc3ccccc3n2C(Cc2ccccc2)C1. The van der Waals surface area contributed by atoms with Crippen LogP contribution in [0.5, 0.6) is 0 Å². The summed E-state index contributed by atoms with van der Waals surface area (Å²) in [7, 11) is 0. The van der Waals surface area contributed by atoms with E-state index < -0.39 is 0 Å². The number of nitrogens with two attached hydrogens (primary N) is 1. The topological polar surface area (TPSA) is 76.2 Å². The number of hydrogen-bond acceptors (Lipinski definition) is 3. The van der Waals surface area contributed by atoms with Gasteiger partial charge in [-0.3, -0.25) is 0 Å². The van der Waals surface area contributed by atoms with E-state index in [0.717, 1.165) is 29.7 Å². The highest BCUT2D eigenvalue weighted by molar-refractivity contribution is 5.77. The molecule has 2 amide bonds. The van der Waals surface area contributed by atoms with E-state index in [1.807, 2.05) is 23.1 Å². The second kappa shape index (κ2) is 7.80. The number of imidazole rings is 1. The molecule has 27 heavy (non-hydrogen) atoms. The molecule has 1 aliphatic rings. The normalized spacial score (nSPS) is 16.8. The maximum Gasteiger partial charge on any atom is 0.317 e. The Kier molecular flexibility index (Phi) is 5.07. The molecule has 1 atom stereocenters. The number of fused-ring (bicyclic) bond motifs is 3. The predicted octanol–water partition coefficient (Wildman–Crippen LogP) is 2.35. The van der Waals surface area contributed by atoms with Gasteiger partial charge in [-0.1, -0.05) is 42.5 Å². The Morgan fingerprint density at radius 2 is 1.93 bits per heavy atom. The Labute approximate surface area is 159 Å². The minimum Gasteiger partial charge on any atom is -0.337 e. The first-order chi connectivity index (χ1) is 13.3. The van der Waals surface area contributed by atoms with Gasteiger partial charge in [0.2, 0.25) is 0 Å². The molecule has 1 aliphatic heterocycles. The predicted molar refractivity (Wildman–Crippen MR) is 107 cm³/mol. The van der Waals surface area contributed by atoms with E-state index in [1.54, 1.807) is 0 Å². The Balaban J connectivity index is 1.69. The smallest absolute Gasteiger partial charge is 0.317 e. The van der Waals surface area contributed by atoms with E-state index >= 15 is 0 Å². The van der Waals surface area contributed by atoms with Gasteiger partial charge in [0.15, 0.2) is 0 Å². The van der Waals surface area contributed by atoms with Crippen LogP contribution in [0, 0.1) is 0 Å². The zero-order chi connectivity index (χ0) is 18.6. The van der Waals surface area contributed by atoms with Gasteiger partial charge < -0.3 is 20.5 Å². The van der Waals surface area contributed by atoms with Crippen molar-refractivity contribution in [1.29, 1.82) is 0 Å². The number of urea groups is 1. The molecule has 3 aromatic rings. The number of hydrogen-bond donors (Lipinski definition) is 2. The van der Waals surface area contributed by atoms with Crippen LogP contribution in [0.4, 0.5) is 4.79 Å². The van der Waals surface area contributed by atoms with Gasteiger partial charge in [0.25, 0.3) is 0 Å². The minimum absolute atomic E-state index is 0.0476. The van der Waals surface area contributed by atoms with Crippen LogP contribution in [-0.2, 0) is 12.8 Å². The van der Waals surface area contributed by atoms with E-state index in [4.69, 9.17) is 10.7 Å². The lowest BCUT2D eigenvalue weighted by Crippen LogP contribution is -2.44. The Morgan fingerprint density at radius 1 is 1.15 bits per heavy atom. The van der Waals surface area contributed by atoms with Crippen LogP contribution in [0.15, 0.2) is 54.6 Å². The van der Waals surface area contributed by atoms with E-state index in [2.05, 4.69) is 46.3 Å². The number of nitrogens with zero attached hydrogens (tertiary/aromatic N) is 3. The first-order valence-corrected chi connectivity index (χ1v) is 9.49. The van der Waals surface area contributed by atoms with Gasteiger partial charge >= 0.3 is 6.03 Å².